The van der Waals surface area contributed by atoms with Crippen LogP contribution in [0.1, 0.15) is 45.4 Å². The Hall–Kier alpha value is -0.120. The van der Waals surface area contributed by atoms with Crippen LogP contribution in [0, 0.1) is 11.8 Å². The maximum atomic E-state index is 3.58. The molecule has 2 saturated heterocycles. The van der Waals surface area contributed by atoms with Crippen LogP contribution in [0.5, 0.6) is 0 Å². The summed E-state index contributed by atoms with van der Waals surface area (Å²) in [6, 6.07) is 1.63. The first-order valence-corrected chi connectivity index (χ1v) is 8.90. The minimum absolute atomic E-state index is 0.761. The average molecular weight is 279 g/mol. The van der Waals surface area contributed by atoms with Crippen LogP contribution in [-0.2, 0) is 0 Å². The summed E-state index contributed by atoms with van der Waals surface area (Å²) in [5.41, 5.74) is 0. The Balaban J connectivity index is 1.50. The summed E-state index contributed by atoms with van der Waals surface area (Å²) in [5.74, 6) is 1.81. The predicted molar refractivity (Wildman–Crippen MR) is 85.0 cm³/mol. The Kier molecular flexibility index (Phi) is 5.00. The maximum absolute atomic E-state index is 3.58. The quantitative estimate of drug-likeness (QED) is 0.851. The molecule has 116 valence electrons. The van der Waals surface area contributed by atoms with Gasteiger partial charge in [0.1, 0.15) is 0 Å². The lowest BCUT2D eigenvalue weighted by atomic mass is 9.78. The molecule has 0 aromatic heterocycles. The Morgan fingerprint density at radius 3 is 2.60 bits per heavy atom. The van der Waals surface area contributed by atoms with Crippen molar-refractivity contribution < 1.29 is 0 Å². The highest BCUT2D eigenvalue weighted by Gasteiger charge is 2.33. The minimum atomic E-state index is 0.761. The smallest absolute Gasteiger partial charge is 0.0235 e. The van der Waals surface area contributed by atoms with Gasteiger partial charge < -0.3 is 10.2 Å². The van der Waals surface area contributed by atoms with Gasteiger partial charge in [0.15, 0.2) is 0 Å². The van der Waals surface area contributed by atoms with E-state index in [-0.39, 0.29) is 0 Å². The van der Waals surface area contributed by atoms with E-state index in [9.17, 15) is 0 Å². The van der Waals surface area contributed by atoms with E-state index in [4.69, 9.17) is 0 Å². The van der Waals surface area contributed by atoms with E-state index >= 15 is 0 Å². The van der Waals surface area contributed by atoms with Crippen LogP contribution in [0.3, 0.4) is 0 Å². The van der Waals surface area contributed by atoms with Gasteiger partial charge in [-0.3, -0.25) is 4.90 Å². The standard InChI is InChI=1S/C17H33N3/c1-14-5-6-17(18-2)15(11-14)12-19-10-7-16(13-19)20-8-3-4-9-20/h14-18H,3-13H2,1-2H3. The van der Waals surface area contributed by atoms with Crippen molar-refractivity contribution >= 4 is 0 Å². The molecule has 1 saturated carbocycles. The lowest BCUT2D eigenvalue weighted by Crippen LogP contribution is -2.44. The third kappa shape index (κ3) is 3.37. The highest BCUT2D eigenvalue weighted by molar-refractivity contribution is 4.90. The van der Waals surface area contributed by atoms with Crippen molar-refractivity contribution in [3.8, 4) is 0 Å². The monoisotopic (exact) mass is 279 g/mol. The number of nitrogens with one attached hydrogen (secondary N) is 1. The van der Waals surface area contributed by atoms with E-state index in [0.29, 0.717) is 0 Å². The summed E-state index contributed by atoms with van der Waals surface area (Å²) in [6.45, 7) is 9.16. The van der Waals surface area contributed by atoms with Gasteiger partial charge in [-0.2, -0.15) is 0 Å². The fourth-order valence-electron chi connectivity index (χ4n) is 4.80. The normalized spacial score (nSPS) is 40.5. The molecule has 3 nitrogen and oxygen atoms in total. The number of likely N-dealkylation sites (tertiary alicyclic amines) is 2. The lowest BCUT2D eigenvalue weighted by Gasteiger charge is -2.37. The van der Waals surface area contributed by atoms with Crippen LogP contribution in [0.2, 0.25) is 0 Å². The molecule has 4 unspecified atom stereocenters. The minimum Gasteiger partial charge on any atom is -0.317 e. The van der Waals surface area contributed by atoms with Crippen LogP contribution in [-0.4, -0.2) is 61.7 Å². The van der Waals surface area contributed by atoms with Crippen molar-refractivity contribution in [1.82, 2.24) is 15.1 Å². The molecule has 20 heavy (non-hydrogen) atoms. The molecule has 3 aliphatic rings. The summed E-state index contributed by atoms with van der Waals surface area (Å²) >= 11 is 0. The van der Waals surface area contributed by atoms with Crippen molar-refractivity contribution in [3.63, 3.8) is 0 Å². The maximum Gasteiger partial charge on any atom is 0.0235 e. The van der Waals surface area contributed by atoms with E-state index in [1.807, 2.05) is 0 Å². The molecule has 0 radical (unpaired) electrons. The van der Waals surface area contributed by atoms with Crippen molar-refractivity contribution in [2.75, 3.05) is 39.8 Å². The second-order valence-electron chi connectivity index (χ2n) is 7.52. The second kappa shape index (κ2) is 6.76. The molecule has 2 aliphatic heterocycles. The summed E-state index contributed by atoms with van der Waals surface area (Å²) in [5, 5.41) is 3.58. The van der Waals surface area contributed by atoms with Gasteiger partial charge in [-0.25, -0.2) is 0 Å². The third-order valence-corrected chi connectivity index (χ3v) is 6.01. The highest BCUT2D eigenvalue weighted by atomic mass is 15.3. The van der Waals surface area contributed by atoms with Crippen LogP contribution in [0.25, 0.3) is 0 Å². The molecule has 3 fully saturated rings. The molecule has 3 rings (SSSR count). The molecule has 1 N–H and O–H groups in total. The van der Waals surface area contributed by atoms with Crippen molar-refractivity contribution in [1.29, 1.82) is 0 Å². The fraction of sp³-hybridized carbons (Fsp3) is 1.00. The number of hydrogen-bond acceptors (Lipinski definition) is 3. The van der Waals surface area contributed by atoms with Crippen LogP contribution in [0.15, 0.2) is 0 Å². The lowest BCUT2D eigenvalue weighted by molar-refractivity contribution is 0.155. The first-order valence-electron chi connectivity index (χ1n) is 8.90. The molecule has 3 heteroatoms. The van der Waals surface area contributed by atoms with Crippen LogP contribution >= 0.6 is 0 Å². The van der Waals surface area contributed by atoms with Crippen LogP contribution in [0.4, 0.5) is 0 Å². The Morgan fingerprint density at radius 1 is 1.05 bits per heavy atom. The van der Waals surface area contributed by atoms with E-state index in [1.54, 1.807) is 0 Å². The van der Waals surface area contributed by atoms with Gasteiger partial charge >= 0.3 is 0 Å². The van der Waals surface area contributed by atoms with E-state index in [2.05, 4.69) is 29.1 Å². The van der Waals surface area contributed by atoms with Gasteiger partial charge in [0, 0.05) is 25.2 Å². The SMILES string of the molecule is CNC1CCC(C)CC1CN1CCC(N2CCCC2)C1. The van der Waals surface area contributed by atoms with Gasteiger partial charge in [0.05, 0.1) is 0 Å². The zero-order valence-electron chi connectivity index (χ0n) is 13.5. The first kappa shape index (κ1) is 14.8. The second-order valence-corrected chi connectivity index (χ2v) is 7.52. The Bertz CT molecular complexity index is 301. The summed E-state index contributed by atoms with van der Waals surface area (Å²) in [7, 11) is 2.16. The molecular weight excluding hydrogens is 246 g/mol. The molecular formula is C17H33N3. The number of hydrogen-bond donors (Lipinski definition) is 1. The molecule has 1 aliphatic carbocycles. The summed E-state index contributed by atoms with van der Waals surface area (Å²) in [4.78, 5) is 5.51. The van der Waals surface area contributed by atoms with E-state index in [0.717, 1.165) is 23.9 Å². The van der Waals surface area contributed by atoms with Gasteiger partial charge in [-0.1, -0.05) is 6.92 Å². The zero-order valence-corrected chi connectivity index (χ0v) is 13.5. The van der Waals surface area contributed by atoms with E-state index < -0.39 is 0 Å². The fourth-order valence-corrected chi connectivity index (χ4v) is 4.80. The summed E-state index contributed by atoms with van der Waals surface area (Å²) < 4.78 is 0. The van der Waals surface area contributed by atoms with Crippen molar-refractivity contribution in [2.45, 2.75) is 57.5 Å². The zero-order chi connectivity index (χ0) is 13.9. The predicted octanol–water partition coefficient (Wildman–Crippen LogP) is 2.18. The molecule has 0 aromatic rings. The molecule has 0 spiro atoms. The average Bonchev–Trinajstić information content (AvgIpc) is 3.09. The largest absolute Gasteiger partial charge is 0.317 e. The van der Waals surface area contributed by atoms with E-state index in [1.165, 1.54) is 71.2 Å². The first-order chi connectivity index (χ1) is 9.76. The van der Waals surface area contributed by atoms with Gasteiger partial charge in [-0.15, -0.1) is 0 Å². The number of rotatable bonds is 4. The Labute approximate surface area is 125 Å². The van der Waals surface area contributed by atoms with Crippen LogP contribution < -0.4 is 5.32 Å². The van der Waals surface area contributed by atoms with Crippen molar-refractivity contribution in [2.24, 2.45) is 11.8 Å². The van der Waals surface area contributed by atoms with Gasteiger partial charge in [0.2, 0.25) is 0 Å². The molecule has 0 amide bonds. The van der Waals surface area contributed by atoms with Gasteiger partial charge in [0.25, 0.3) is 0 Å². The molecule has 4 atom stereocenters. The molecule has 0 bridgehead atoms. The molecule has 0 aromatic carbocycles. The topological polar surface area (TPSA) is 18.5 Å². The van der Waals surface area contributed by atoms with Gasteiger partial charge in [-0.05, 0) is 77.0 Å². The number of nitrogens with zero attached hydrogens (tertiary/aromatic N) is 2. The van der Waals surface area contributed by atoms with Crippen molar-refractivity contribution in [3.05, 3.63) is 0 Å². The molecule has 2 heterocycles. The Morgan fingerprint density at radius 2 is 1.85 bits per heavy atom. The highest BCUT2D eigenvalue weighted by Crippen LogP contribution is 2.31. The third-order valence-electron chi connectivity index (χ3n) is 6.01. The summed E-state index contributed by atoms with van der Waals surface area (Å²) in [6.07, 6.45) is 8.49.